The summed E-state index contributed by atoms with van der Waals surface area (Å²) in [5.74, 6) is 3.02. The fourth-order valence-corrected chi connectivity index (χ4v) is 5.20. The van der Waals surface area contributed by atoms with E-state index < -0.39 is 0 Å². The third-order valence-electron chi connectivity index (χ3n) is 5.91. The summed E-state index contributed by atoms with van der Waals surface area (Å²) < 4.78 is 16.5. The molecular weight excluding hydrogens is 378 g/mol. The van der Waals surface area contributed by atoms with Gasteiger partial charge in [-0.3, -0.25) is 4.79 Å². The van der Waals surface area contributed by atoms with Crippen LogP contribution in [0.5, 0.6) is 11.5 Å². The van der Waals surface area contributed by atoms with E-state index in [2.05, 4.69) is 15.1 Å². The zero-order valence-corrected chi connectivity index (χ0v) is 16.5. The molecule has 3 aliphatic rings. The normalized spacial score (nSPS) is 23.5. The van der Waals surface area contributed by atoms with Crippen LogP contribution in [0.25, 0.3) is 11.5 Å². The molecule has 1 amide bonds. The Morgan fingerprint density at radius 2 is 1.96 bits per heavy atom. The highest BCUT2D eigenvalue weighted by atomic mass is 32.2. The van der Waals surface area contributed by atoms with E-state index >= 15 is 0 Å². The molecular formula is C20H23N3O4S. The molecule has 0 bridgehead atoms. The van der Waals surface area contributed by atoms with Crippen molar-refractivity contribution in [2.45, 2.75) is 49.8 Å². The van der Waals surface area contributed by atoms with Gasteiger partial charge in [-0.05, 0) is 49.8 Å². The minimum Gasteiger partial charge on any atom is -0.454 e. The number of hydrogen-bond acceptors (Lipinski definition) is 7. The fourth-order valence-electron chi connectivity index (χ4n) is 4.56. The Kier molecular flexibility index (Phi) is 4.88. The topological polar surface area (TPSA) is 77.7 Å². The fraction of sp³-hybridized carbons (Fsp3) is 0.550. The molecule has 1 aromatic heterocycles. The number of amides is 1. The summed E-state index contributed by atoms with van der Waals surface area (Å²) in [6, 6.07) is 5.95. The zero-order chi connectivity index (χ0) is 18.9. The number of fused-ring (bicyclic) bond motifs is 2. The predicted molar refractivity (Wildman–Crippen MR) is 103 cm³/mol. The summed E-state index contributed by atoms with van der Waals surface area (Å²) in [5, 5.41) is 8.61. The van der Waals surface area contributed by atoms with Crippen molar-refractivity contribution in [3.8, 4) is 23.0 Å². The minimum atomic E-state index is 0.185. The lowest BCUT2D eigenvalue weighted by atomic mass is 9.78. The Hall–Kier alpha value is -2.22. The first-order valence-electron chi connectivity index (χ1n) is 9.94. The smallest absolute Gasteiger partial charge is 0.277 e. The number of rotatable bonds is 4. The van der Waals surface area contributed by atoms with Crippen LogP contribution >= 0.6 is 11.8 Å². The highest BCUT2D eigenvalue weighted by Gasteiger charge is 2.35. The number of likely N-dealkylation sites (tertiary alicyclic amines) is 1. The highest BCUT2D eigenvalue weighted by molar-refractivity contribution is 7.99. The van der Waals surface area contributed by atoms with E-state index in [1.165, 1.54) is 37.4 Å². The number of piperidine rings is 1. The molecule has 7 nitrogen and oxygen atoms in total. The van der Waals surface area contributed by atoms with Crippen molar-refractivity contribution in [3.05, 3.63) is 18.2 Å². The van der Waals surface area contributed by atoms with E-state index in [1.807, 2.05) is 18.2 Å². The first kappa shape index (κ1) is 17.8. The van der Waals surface area contributed by atoms with Crippen LogP contribution in [0.15, 0.2) is 27.8 Å². The maximum Gasteiger partial charge on any atom is 0.277 e. The summed E-state index contributed by atoms with van der Waals surface area (Å²) in [6.45, 7) is 1.11. The number of hydrogen-bond donors (Lipinski definition) is 0. The largest absolute Gasteiger partial charge is 0.454 e. The SMILES string of the molecule is O=C(CSc1nnc(-c2ccc3c(c2)OCO3)o1)N1CCC[C@H]2CCCC[C@@H]21. The molecule has 28 heavy (non-hydrogen) atoms. The second kappa shape index (κ2) is 7.66. The third kappa shape index (κ3) is 3.45. The van der Waals surface area contributed by atoms with Gasteiger partial charge in [-0.15, -0.1) is 10.2 Å². The van der Waals surface area contributed by atoms with Gasteiger partial charge in [-0.25, -0.2) is 0 Å². The number of thioether (sulfide) groups is 1. The number of carbonyl (C=O) groups is 1. The van der Waals surface area contributed by atoms with Gasteiger partial charge in [-0.2, -0.15) is 0 Å². The molecule has 0 unspecified atom stereocenters. The molecule has 8 heteroatoms. The van der Waals surface area contributed by atoms with Crippen LogP contribution in [-0.4, -0.2) is 46.1 Å². The van der Waals surface area contributed by atoms with E-state index in [0.717, 1.165) is 24.9 Å². The Morgan fingerprint density at radius 1 is 1.11 bits per heavy atom. The standard InChI is InChI=1S/C20H23N3O4S/c24-18(23-9-3-5-13-4-1-2-6-15(13)23)11-28-20-22-21-19(27-20)14-7-8-16-17(10-14)26-12-25-16/h7-8,10,13,15H,1-6,9,11-12H2/t13-,15+/m1/s1. The lowest BCUT2D eigenvalue weighted by Crippen LogP contribution is -2.50. The molecule has 0 N–H and O–H groups in total. The van der Waals surface area contributed by atoms with Gasteiger partial charge < -0.3 is 18.8 Å². The first-order chi connectivity index (χ1) is 13.8. The predicted octanol–water partition coefficient (Wildman–Crippen LogP) is 3.74. The maximum absolute atomic E-state index is 12.8. The quantitative estimate of drug-likeness (QED) is 0.722. The van der Waals surface area contributed by atoms with Crippen LogP contribution < -0.4 is 9.47 Å². The Bertz CT molecular complexity index is 869. The van der Waals surface area contributed by atoms with E-state index in [9.17, 15) is 4.79 Å². The van der Waals surface area contributed by atoms with Crippen molar-refractivity contribution in [2.24, 2.45) is 5.92 Å². The average molecular weight is 401 g/mol. The Labute approximate surface area is 167 Å². The Morgan fingerprint density at radius 3 is 2.93 bits per heavy atom. The second-order valence-electron chi connectivity index (χ2n) is 7.57. The van der Waals surface area contributed by atoms with Crippen LogP contribution in [0.2, 0.25) is 0 Å². The van der Waals surface area contributed by atoms with Crippen molar-refractivity contribution in [3.63, 3.8) is 0 Å². The first-order valence-corrected chi connectivity index (χ1v) is 10.9. The van der Waals surface area contributed by atoms with Crippen molar-refractivity contribution < 1.29 is 18.7 Å². The summed E-state index contributed by atoms with van der Waals surface area (Å²) in [6.07, 6.45) is 7.35. The van der Waals surface area contributed by atoms with Gasteiger partial charge in [0.15, 0.2) is 11.5 Å². The van der Waals surface area contributed by atoms with E-state index in [1.54, 1.807) is 0 Å². The van der Waals surface area contributed by atoms with E-state index in [0.29, 0.717) is 40.3 Å². The summed E-state index contributed by atoms with van der Waals surface area (Å²) >= 11 is 1.32. The second-order valence-corrected chi connectivity index (χ2v) is 8.50. The monoisotopic (exact) mass is 401 g/mol. The number of ether oxygens (including phenoxy) is 2. The lowest BCUT2D eigenvalue weighted by Gasteiger charge is -2.44. The number of carbonyl (C=O) groups excluding carboxylic acids is 1. The molecule has 2 aromatic rings. The molecule has 2 fully saturated rings. The van der Waals surface area contributed by atoms with Gasteiger partial charge in [0.25, 0.3) is 5.22 Å². The van der Waals surface area contributed by atoms with Gasteiger partial charge in [0, 0.05) is 18.2 Å². The van der Waals surface area contributed by atoms with E-state index in [4.69, 9.17) is 13.9 Å². The molecule has 1 aromatic carbocycles. The summed E-state index contributed by atoms with van der Waals surface area (Å²) in [7, 11) is 0. The average Bonchev–Trinajstić information content (AvgIpc) is 3.40. The van der Waals surface area contributed by atoms with Crippen molar-refractivity contribution in [1.29, 1.82) is 0 Å². The number of nitrogens with zero attached hydrogens (tertiary/aromatic N) is 3. The van der Waals surface area contributed by atoms with Crippen molar-refractivity contribution in [1.82, 2.24) is 15.1 Å². The molecule has 1 saturated carbocycles. The molecule has 1 aliphatic carbocycles. The van der Waals surface area contributed by atoms with Gasteiger partial charge in [0.05, 0.1) is 5.75 Å². The van der Waals surface area contributed by atoms with Crippen LogP contribution in [0, 0.1) is 5.92 Å². The van der Waals surface area contributed by atoms with Gasteiger partial charge in [0.2, 0.25) is 18.6 Å². The van der Waals surface area contributed by atoms with E-state index in [-0.39, 0.29) is 12.7 Å². The lowest BCUT2D eigenvalue weighted by molar-refractivity contribution is -0.134. The molecule has 2 aliphatic heterocycles. The van der Waals surface area contributed by atoms with Gasteiger partial charge >= 0.3 is 0 Å². The van der Waals surface area contributed by atoms with Crippen LogP contribution in [0.4, 0.5) is 0 Å². The minimum absolute atomic E-state index is 0.185. The van der Waals surface area contributed by atoms with Crippen molar-refractivity contribution >= 4 is 17.7 Å². The zero-order valence-electron chi connectivity index (χ0n) is 15.6. The van der Waals surface area contributed by atoms with Crippen molar-refractivity contribution in [2.75, 3.05) is 19.1 Å². The van der Waals surface area contributed by atoms with Gasteiger partial charge in [0.1, 0.15) is 0 Å². The number of aromatic nitrogens is 2. The van der Waals surface area contributed by atoms with Crippen LogP contribution in [-0.2, 0) is 4.79 Å². The molecule has 148 valence electrons. The summed E-state index contributed by atoms with van der Waals surface area (Å²) in [5.41, 5.74) is 0.774. The van der Waals surface area contributed by atoms with Crippen LogP contribution in [0.3, 0.4) is 0 Å². The molecule has 0 spiro atoms. The molecule has 5 rings (SSSR count). The molecule has 0 radical (unpaired) electrons. The molecule has 1 saturated heterocycles. The molecule has 3 heterocycles. The number of benzene rings is 1. The summed E-state index contributed by atoms with van der Waals surface area (Å²) in [4.78, 5) is 14.9. The molecule has 2 atom stereocenters. The van der Waals surface area contributed by atoms with Gasteiger partial charge in [-0.1, -0.05) is 24.6 Å². The highest BCUT2D eigenvalue weighted by Crippen LogP contribution is 2.37. The third-order valence-corrected chi connectivity index (χ3v) is 6.71. The maximum atomic E-state index is 12.8. The van der Waals surface area contributed by atoms with Crippen LogP contribution in [0.1, 0.15) is 38.5 Å². The Balaban J connectivity index is 1.22.